The minimum atomic E-state index is -3.22. The van der Waals surface area contributed by atoms with Crippen molar-refractivity contribution in [3.8, 4) is 0 Å². The monoisotopic (exact) mass is 350 g/mol. The lowest BCUT2D eigenvalue weighted by atomic mass is 9.61. The molecule has 0 spiro atoms. The van der Waals surface area contributed by atoms with E-state index in [1.165, 1.54) is 0 Å². The number of aliphatic hydroxyl groups excluding tert-OH is 2. The molecule has 140 valence electrons. The second-order valence-corrected chi connectivity index (χ2v) is 6.64. The van der Waals surface area contributed by atoms with Gasteiger partial charge in [-0.15, -0.1) is 0 Å². The number of carbonyl (C=O) groups is 3. The molecule has 0 rings (SSSR count). The van der Waals surface area contributed by atoms with Crippen LogP contribution in [0.15, 0.2) is 0 Å². The van der Waals surface area contributed by atoms with Gasteiger partial charge in [0, 0.05) is 0 Å². The molecule has 0 amide bonds. The molecule has 0 saturated heterocycles. The van der Waals surface area contributed by atoms with Gasteiger partial charge in [-0.25, -0.2) is 0 Å². The smallest absolute Gasteiger partial charge is 0.187 e. The van der Waals surface area contributed by atoms with E-state index in [0.717, 1.165) is 34.6 Å². The Hall–Kier alpha value is -1.23. The van der Waals surface area contributed by atoms with Gasteiger partial charge in [-0.2, -0.15) is 0 Å². The van der Waals surface area contributed by atoms with E-state index in [1.807, 2.05) is 0 Å². The molecule has 24 heavy (non-hydrogen) atoms. The normalized spacial score (nSPS) is 24.5. The Kier molecular flexibility index (Phi) is 6.25. The van der Waals surface area contributed by atoms with Gasteiger partial charge in [-0.05, 0) is 41.5 Å². The van der Waals surface area contributed by atoms with Crippen LogP contribution in [0.3, 0.4) is 0 Å². The van der Waals surface area contributed by atoms with Crippen LogP contribution in [-0.4, -0.2) is 82.6 Å². The molecule has 6 atom stereocenters. The highest BCUT2D eigenvalue weighted by Gasteiger charge is 2.69. The molecule has 0 aliphatic rings. The van der Waals surface area contributed by atoms with Crippen molar-refractivity contribution in [2.24, 2.45) is 0 Å². The van der Waals surface area contributed by atoms with E-state index >= 15 is 0 Å². The van der Waals surface area contributed by atoms with E-state index in [2.05, 4.69) is 0 Å². The van der Waals surface area contributed by atoms with Crippen LogP contribution in [0.4, 0.5) is 0 Å². The van der Waals surface area contributed by atoms with Crippen LogP contribution >= 0.6 is 0 Å². The Balaban J connectivity index is 6.48. The summed E-state index contributed by atoms with van der Waals surface area (Å²) in [5.74, 6) is -3.33. The predicted molar refractivity (Wildman–Crippen MR) is 80.9 cm³/mol. The maximum atomic E-state index is 11.9. The highest BCUT2D eigenvalue weighted by molar-refractivity contribution is 5.95. The first-order valence-corrected chi connectivity index (χ1v) is 7.18. The van der Waals surface area contributed by atoms with Crippen molar-refractivity contribution in [3.63, 3.8) is 0 Å². The number of ketones is 3. The molecule has 9 nitrogen and oxygen atoms in total. The molecule has 0 aromatic heterocycles. The van der Waals surface area contributed by atoms with Crippen LogP contribution in [0.1, 0.15) is 41.5 Å². The molecule has 0 aliphatic carbocycles. The van der Waals surface area contributed by atoms with E-state index in [-0.39, 0.29) is 0 Å². The van der Waals surface area contributed by atoms with Gasteiger partial charge in [-0.1, -0.05) is 0 Å². The van der Waals surface area contributed by atoms with Gasteiger partial charge in [0.25, 0.3) is 0 Å². The molecule has 9 heteroatoms. The van der Waals surface area contributed by atoms with Crippen LogP contribution in [0.2, 0.25) is 0 Å². The summed E-state index contributed by atoms with van der Waals surface area (Å²) in [4.78, 5) is 34.7. The van der Waals surface area contributed by atoms with Crippen molar-refractivity contribution in [2.45, 2.75) is 76.2 Å². The van der Waals surface area contributed by atoms with E-state index in [9.17, 15) is 45.0 Å². The molecule has 0 radical (unpaired) electrons. The quantitative estimate of drug-likeness (QED) is 0.276. The Morgan fingerprint density at radius 2 is 1.04 bits per heavy atom. The third-order valence-electron chi connectivity index (χ3n) is 4.91. The number of rotatable bonds is 8. The highest BCUT2D eigenvalue weighted by atomic mass is 16.4. The zero-order valence-electron chi connectivity index (χ0n) is 14.6. The third-order valence-corrected chi connectivity index (χ3v) is 4.91. The Morgan fingerprint density at radius 1 is 0.708 bits per heavy atom. The summed E-state index contributed by atoms with van der Waals surface area (Å²) >= 11 is 0. The first-order chi connectivity index (χ1) is 10.4. The topological polar surface area (TPSA) is 173 Å². The first-order valence-electron chi connectivity index (χ1n) is 7.18. The van der Waals surface area contributed by atoms with Gasteiger partial charge in [0.05, 0.1) is 0 Å². The van der Waals surface area contributed by atoms with Gasteiger partial charge in [0.1, 0.15) is 22.9 Å². The molecule has 6 N–H and O–H groups in total. The summed E-state index contributed by atoms with van der Waals surface area (Å²) in [6.07, 6.45) is -4.62. The van der Waals surface area contributed by atoms with E-state index in [0.29, 0.717) is 6.92 Å². The number of aliphatic hydroxyl groups is 6. The molecular formula is C15H26O9. The zero-order valence-corrected chi connectivity index (χ0v) is 14.6. The van der Waals surface area contributed by atoms with Crippen molar-refractivity contribution in [1.82, 2.24) is 0 Å². The average Bonchev–Trinajstić information content (AvgIpc) is 2.43. The number of hydrogen-bond donors (Lipinski definition) is 6. The maximum absolute atomic E-state index is 11.9. The van der Waals surface area contributed by atoms with E-state index in [1.54, 1.807) is 0 Å². The molecule has 0 saturated carbocycles. The highest BCUT2D eigenvalue weighted by Crippen LogP contribution is 2.43. The van der Waals surface area contributed by atoms with Gasteiger partial charge in [0.15, 0.2) is 29.1 Å². The number of carbonyl (C=O) groups excluding carboxylic acids is 3. The fourth-order valence-electron chi connectivity index (χ4n) is 2.62. The van der Waals surface area contributed by atoms with Crippen LogP contribution < -0.4 is 0 Å². The van der Waals surface area contributed by atoms with Gasteiger partial charge < -0.3 is 30.6 Å². The first kappa shape index (κ1) is 22.8. The Labute approximate surface area is 139 Å². The lowest BCUT2D eigenvalue weighted by molar-refractivity contribution is -0.300. The van der Waals surface area contributed by atoms with Crippen molar-refractivity contribution in [3.05, 3.63) is 0 Å². The molecule has 6 unspecified atom stereocenters. The van der Waals surface area contributed by atoms with Gasteiger partial charge >= 0.3 is 0 Å². The summed E-state index contributed by atoms with van der Waals surface area (Å²) in [7, 11) is 0. The largest absolute Gasteiger partial charge is 0.384 e. The molecule has 0 aromatic rings. The van der Waals surface area contributed by atoms with Crippen LogP contribution in [-0.2, 0) is 14.4 Å². The lowest BCUT2D eigenvalue weighted by Gasteiger charge is -2.54. The fraction of sp³-hybridized carbons (Fsp3) is 0.800. The molecule has 0 fully saturated rings. The standard InChI is InChI=1S/C15H26O9/c1-7(16)10(19)12(4,21)13(5,22)14(6,23)15(24,9(3)18)11(20)8(2)17/h10-11,19-24H,1-6H3. The Morgan fingerprint density at radius 3 is 1.29 bits per heavy atom. The minimum absolute atomic E-state index is 0.696. The number of hydrogen-bond acceptors (Lipinski definition) is 9. The molecule has 0 heterocycles. The summed E-state index contributed by atoms with van der Waals surface area (Å²) < 4.78 is 0. The number of Topliss-reactive ketones (excluding diaryl/α,β-unsaturated/α-hetero) is 3. The van der Waals surface area contributed by atoms with Gasteiger partial charge in [-0.3, -0.25) is 14.4 Å². The predicted octanol–water partition coefficient (Wildman–Crippen LogP) is -2.54. The lowest BCUT2D eigenvalue weighted by Crippen LogP contribution is -2.80. The second kappa shape index (κ2) is 6.58. The average molecular weight is 350 g/mol. The van der Waals surface area contributed by atoms with Crippen molar-refractivity contribution in [2.75, 3.05) is 0 Å². The summed E-state index contributed by atoms with van der Waals surface area (Å²) in [5.41, 5.74) is -11.9. The van der Waals surface area contributed by atoms with E-state index in [4.69, 9.17) is 0 Å². The second-order valence-electron chi connectivity index (χ2n) is 6.64. The fourth-order valence-corrected chi connectivity index (χ4v) is 2.62. The van der Waals surface area contributed by atoms with Crippen LogP contribution in [0.5, 0.6) is 0 Å². The molecular weight excluding hydrogens is 324 g/mol. The minimum Gasteiger partial charge on any atom is -0.384 e. The summed E-state index contributed by atoms with van der Waals surface area (Å²) in [6.45, 7) is 4.75. The van der Waals surface area contributed by atoms with Crippen molar-refractivity contribution >= 4 is 17.3 Å². The summed E-state index contributed by atoms with van der Waals surface area (Å²) in [5, 5.41) is 62.1. The molecule has 0 aromatic carbocycles. The molecule has 0 bridgehead atoms. The van der Waals surface area contributed by atoms with Crippen LogP contribution in [0, 0.1) is 0 Å². The van der Waals surface area contributed by atoms with Crippen molar-refractivity contribution < 1.29 is 45.0 Å². The third kappa shape index (κ3) is 3.03. The Bertz CT molecular complexity index is 535. The maximum Gasteiger partial charge on any atom is 0.187 e. The van der Waals surface area contributed by atoms with Crippen molar-refractivity contribution in [1.29, 1.82) is 0 Å². The molecule has 0 aliphatic heterocycles. The van der Waals surface area contributed by atoms with E-state index < -0.39 is 52.0 Å². The summed E-state index contributed by atoms with van der Waals surface area (Å²) in [6, 6.07) is 0. The zero-order chi connectivity index (χ0) is 19.9. The SMILES string of the molecule is CC(=O)C(O)C(C)(O)C(C)(O)C(C)(O)C(O)(C(C)=O)C(O)C(C)=O. The van der Waals surface area contributed by atoms with Crippen LogP contribution in [0.25, 0.3) is 0 Å². The van der Waals surface area contributed by atoms with Gasteiger partial charge in [0.2, 0.25) is 0 Å².